The Morgan fingerprint density at radius 2 is 2.10 bits per heavy atom. The minimum atomic E-state index is -0.996. The molecule has 1 aliphatic heterocycles. The van der Waals surface area contributed by atoms with Crippen molar-refractivity contribution in [3.8, 4) is 11.1 Å². The van der Waals surface area contributed by atoms with E-state index in [4.69, 9.17) is 9.72 Å². The summed E-state index contributed by atoms with van der Waals surface area (Å²) in [6, 6.07) is 8.41. The summed E-state index contributed by atoms with van der Waals surface area (Å²) in [7, 11) is 3.58. The molecule has 0 spiro atoms. The molecule has 6 nitrogen and oxygen atoms in total. The average molecular weight is 398 g/mol. The Balaban J connectivity index is 2.08. The number of anilines is 2. The lowest BCUT2D eigenvalue weighted by Gasteiger charge is -2.36. The number of ether oxygens (including phenoxy) is 1. The number of nitrogens with zero attached hydrogens (tertiary/aromatic N) is 2. The number of fused-ring (bicyclic) bond motifs is 1. The van der Waals surface area contributed by atoms with Gasteiger partial charge in [0.05, 0.1) is 12.1 Å². The number of methoxy groups -OCH3 is 1. The highest BCUT2D eigenvalue weighted by molar-refractivity contribution is 5.96. The number of rotatable bonds is 7. The third-order valence-electron chi connectivity index (χ3n) is 5.37. The molecule has 0 fully saturated rings. The predicted molar refractivity (Wildman–Crippen MR) is 116 cm³/mol. The third-order valence-corrected chi connectivity index (χ3v) is 5.37. The molecular weight excluding hydrogens is 366 g/mol. The van der Waals surface area contributed by atoms with E-state index in [1.165, 1.54) is 5.56 Å². The van der Waals surface area contributed by atoms with Crippen molar-refractivity contribution in [2.45, 2.75) is 45.1 Å². The van der Waals surface area contributed by atoms with Gasteiger partial charge >= 0.3 is 0 Å². The second-order valence-electron chi connectivity index (χ2n) is 8.39. The normalized spacial score (nSPS) is 16.7. The quantitative estimate of drug-likeness (QED) is 0.745. The zero-order valence-electron chi connectivity index (χ0n) is 18.0. The van der Waals surface area contributed by atoms with Crippen molar-refractivity contribution in [2.24, 2.45) is 0 Å². The van der Waals surface area contributed by atoms with E-state index in [2.05, 4.69) is 36.5 Å². The van der Waals surface area contributed by atoms with Crippen LogP contribution in [0.4, 0.5) is 11.5 Å². The van der Waals surface area contributed by atoms with Crippen LogP contribution in [0.2, 0.25) is 0 Å². The first-order valence-electron chi connectivity index (χ1n) is 10.0. The molecule has 1 aliphatic rings. The van der Waals surface area contributed by atoms with Crippen LogP contribution in [0.3, 0.4) is 0 Å². The number of aromatic nitrogens is 1. The Bertz CT molecular complexity index is 889. The first-order valence-corrected chi connectivity index (χ1v) is 10.0. The molecule has 0 saturated heterocycles. The van der Waals surface area contributed by atoms with E-state index < -0.39 is 5.60 Å². The van der Waals surface area contributed by atoms with Gasteiger partial charge < -0.3 is 15.2 Å². The molecule has 1 unspecified atom stereocenters. The molecule has 1 amide bonds. The zero-order chi connectivity index (χ0) is 21.2. The lowest BCUT2D eigenvalue weighted by molar-refractivity contribution is -0.120. The smallest absolute Gasteiger partial charge is 0.228 e. The summed E-state index contributed by atoms with van der Waals surface area (Å²) >= 11 is 0. The summed E-state index contributed by atoms with van der Waals surface area (Å²) in [5.74, 6) is 0.695. The number of amides is 1. The van der Waals surface area contributed by atoms with Gasteiger partial charge in [0.1, 0.15) is 5.82 Å². The molecule has 29 heavy (non-hydrogen) atoms. The highest BCUT2D eigenvalue weighted by Crippen LogP contribution is 2.40. The molecule has 2 aromatic rings. The maximum atomic E-state index is 12.8. The van der Waals surface area contributed by atoms with Crippen molar-refractivity contribution < 1.29 is 14.6 Å². The van der Waals surface area contributed by atoms with Crippen molar-refractivity contribution >= 4 is 17.4 Å². The van der Waals surface area contributed by atoms with Crippen LogP contribution in [-0.2, 0) is 9.53 Å². The number of hydrogen-bond acceptors (Lipinski definition) is 5. The molecule has 156 valence electrons. The number of aryl methyl sites for hydroxylation is 1. The van der Waals surface area contributed by atoms with Gasteiger partial charge in [0, 0.05) is 44.6 Å². The summed E-state index contributed by atoms with van der Waals surface area (Å²) in [6.07, 6.45) is 2.98. The van der Waals surface area contributed by atoms with Crippen molar-refractivity contribution in [3.63, 3.8) is 0 Å². The van der Waals surface area contributed by atoms with Crippen LogP contribution in [0.5, 0.6) is 0 Å². The fourth-order valence-electron chi connectivity index (χ4n) is 3.85. The zero-order valence-corrected chi connectivity index (χ0v) is 18.0. The summed E-state index contributed by atoms with van der Waals surface area (Å²) in [5, 5.41) is 13.5. The fourth-order valence-corrected chi connectivity index (χ4v) is 3.85. The van der Waals surface area contributed by atoms with Gasteiger partial charge in [-0.05, 0) is 68.0 Å². The second kappa shape index (κ2) is 8.51. The summed E-state index contributed by atoms with van der Waals surface area (Å²) in [6.45, 7) is 6.30. The van der Waals surface area contributed by atoms with E-state index in [0.717, 1.165) is 28.8 Å². The Morgan fingerprint density at radius 3 is 2.76 bits per heavy atom. The molecule has 1 aromatic carbocycles. The number of benzene rings is 1. The number of aliphatic hydroxyl groups is 1. The van der Waals surface area contributed by atoms with Gasteiger partial charge in [-0.3, -0.25) is 9.69 Å². The van der Waals surface area contributed by atoms with E-state index in [1.807, 2.05) is 13.2 Å². The molecule has 1 atom stereocenters. The molecule has 0 saturated carbocycles. The Hall–Kier alpha value is -2.44. The van der Waals surface area contributed by atoms with Gasteiger partial charge in [0.25, 0.3) is 0 Å². The van der Waals surface area contributed by atoms with Crippen LogP contribution in [0.15, 0.2) is 30.5 Å². The molecule has 6 heteroatoms. The molecule has 1 aromatic heterocycles. The van der Waals surface area contributed by atoms with Crippen LogP contribution < -0.4 is 10.2 Å². The topological polar surface area (TPSA) is 74.7 Å². The van der Waals surface area contributed by atoms with E-state index in [9.17, 15) is 9.90 Å². The predicted octanol–water partition coefficient (Wildman–Crippen LogP) is 3.73. The minimum Gasteiger partial charge on any atom is -0.389 e. The van der Waals surface area contributed by atoms with Gasteiger partial charge in [0.15, 0.2) is 0 Å². The number of nitrogens with one attached hydrogen (secondary N) is 1. The van der Waals surface area contributed by atoms with E-state index in [1.54, 1.807) is 25.9 Å². The van der Waals surface area contributed by atoms with Crippen molar-refractivity contribution in [1.29, 1.82) is 0 Å². The largest absolute Gasteiger partial charge is 0.389 e. The number of carbonyl (C=O) groups excluding carboxylic acids is 1. The third kappa shape index (κ3) is 4.77. The van der Waals surface area contributed by atoms with Crippen LogP contribution in [-0.4, -0.2) is 48.9 Å². The summed E-state index contributed by atoms with van der Waals surface area (Å²) in [4.78, 5) is 19.2. The van der Waals surface area contributed by atoms with Gasteiger partial charge in [0.2, 0.25) is 5.91 Å². The first kappa shape index (κ1) is 21.3. The average Bonchev–Trinajstić information content (AvgIpc) is 2.68. The monoisotopic (exact) mass is 397 g/mol. The Morgan fingerprint density at radius 1 is 1.34 bits per heavy atom. The molecule has 0 bridgehead atoms. The highest BCUT2D eigenvalue weighted by Gasteiger charge is 2.35. The SMILES string of the molecule is CNc1ccc(C)c(-c2cnc3c(c2)C(CCOC)CC(=O)N3CC(C)(C)O)c1. The van der Waals surface area contributed by atoms with Gasteiger partial charge in [-0.2, -0.15) is 0 Å². The van der Waals surface area contributed by atoms with Crippen LogP contribution >= 0.6 is 0 Å². The van der Waals surface area contributed by atoms with Gasteiger partial charge in [-0.15, -0.1) is 0 Å². The number of hydrogen-bond donors (Lipinski definition) is 2. The number of carbonyl (C=O) groups is 1. The molecule has 0 radical (unpaired) electrons. The summed E-state index contributed by atoms with van der Waals surface area (Å²) in [5.41, 5.74) is 4.39. The number of pyridine rings is 1. The van der Waals surface area contributed by atoms with E-state index in [0.29, 0.717) is 18.8 Å². The standard InChI is InChI=1S/C23H31N3O3/c1-15-6-7-18(24-4)12-19(15)17-10-20-16(8-9-29-5)11-21(27)26(14-23(2,3)28)22(20)25-13-17/h6-7,10,12-13,16,24,28H,8-9,11,14H2,1-5H3. The Kier molecular flexibility index (Phi) is 6.24. The van der Waals surface area contributed by atoms with Crippen LogP contribution in [0.1, 0.15) is 43.7 Å². The van der Waals surface area contributed by atoms with Gasteiger partial charge in [-0.25, -0.2) is 4.98 Å². The molecular formula is C23H31N3O3. The fraction of sp³-hybridized carbons (Fsp3) is 0.478. The molecule has 2 heterocycles. The van der Waals surface area contributed by atoms with Crippen molar-refractivity contribution in [2.75, 3.05) is 37.5 Å². The Labute approximate surface area is 172 Å². The number of β-amino-alcohol motifs (C(OH)–C–C–N with tert-alkyl or cyclic N) is 1. The summed E-state index contributed by atoms with van der Waals surface area (Å²) < 4.78 is 5.27. The van der Waals surface area contributed by atoms with Crippen LogP contribution in [0, 0.1) is 6.92 Å². The minimum absolute atomic E-state index is 0.00524. The molecule has 2 N–H and O–H groups in total. The van der Waals surface area contributed by atoms with E-state index in [-0.39, 0.29) is 18.4 Å². The maximum Gasteiger partial charge on any atom is 0.228 e. The van der Waals surface area contributed by atoms with Crippen molar-refractivity contribution in [3.05, 3.63) is 41.6 Å². The van der Waals surface area contributed by atoms with Gasteiger partial charge in [-0.1, -0.05) is 6.07 Å². The second-order valence-corrected chi connectivity index (χ2v) is 8.39. The highest BCUT2D eigenvalue weighted by atomic mass is 16.5. The maximum absolute atomic E-state index is 12.8. The molecule has 3 rings (SSSR count). The first-order chi connectivity index (χ1) is 13.7. The van der Waals surface area contributed by atoms with Crippen molar-refractivity contribution in [1.82, 2.24) is 4.98 Å². The van der Waals surface area contributed by atoms with Crippen LogP contribution in [0.25, 0.3) is 11.1 Å². The van der Waals surface area contributed by atoms with E-state index >= 15 is 0 Å². The molecule has 0 aliphatic carbocycles. The lowest BCUT2D eigenvalue weighted by Crippen LogP contribution is -2.46. The lowest BCUT2D eigenvalue weighted by atomic mass is 9.86.